The van der Waals surface area contributed by atoms with E-state index < -0.39 is 0 Å². The molecule has 0 unspecified atom stereocenters. The lowest BCUT2D eigenvalue weighted by Crippen LogP contribution is -2.37. The van der Waals surface area contributed by atoms with Crippen LogP contribution in [0.15, 0.2) is 65.9 Å². The molecule has 0 atom stereocenters. The molecule has 0 spiro atoms. The van der Waals surface area contributed by atoms with Gasteiger partial charge in [-0.15, -0.1) is 24.0 Å². The minimum Gasteiger partial charge on any atom is -0.493 e. The summed E-state index contributed by atoms with van der Waals surface area (Å²) in [6, 6.07) is 16.1. The Kier molecular flexibility index (Phi) is 9.46. The summed E-state index contributed by atoms with van der Waals surface area (Å²) in [5.41, 5.74) is 3.35. The van der Waals surface area contributed by atoms with Crippen molar-refractivity contribution in [2.45, 2.75) is 13.0 Å². The zero-order valence-corrected chi connectivity index (χ0v) is 19.8. The van der Waals surface area contributed by atoms with E-state index in [4.69, 9.17) is 9.47 Å². The molecule has 0 fully saturated rings. The Labute approximate surface area is 194 Å². The van der Waals surface area contributed by atoms with Crippen molar-refractivity contribution in [1.29, 1.82) is 0 Å². The maximum Gasteiger partial charge on any atom is 0.191 e. The third kappa shape index (κ3) is 6.38. The highest BCUT2D eigenvalue weighted by Crippen LogP contribution is 2.27. The molecule has 0 radical (unpaired) electrons. The number of rotatable bonds is 8. The molecular formula is C22H28IN5O2. The van der Waals surface area contributed by atoms with Crippen molar-refractivity contribution in [3.63, 3.8) is 0 Å². The molecule has 2 aromatic carbocycles. The first-order valence-electron chi connectivity index (χ1n) is 9.48. The van der Waals surface area contributed by atoms with Gasteiger partial charge in [-0.3, -0.25) is 4.99 Å². The Balaban J connectivity index is 0.00000320. The van der Waals surface area contributed by atoms with E-state index >= 15 is 0 Å². The van der Waals surface area contributed by atoms with E-state index in [1.54, 1.807) is 27.5 Å². The van der Waals surface area contributed by atoms with Crippen molar-refractivity contribution < 1.29 is 9.47 Å². The lowest BCUT2D eigenvalue weighted by atomic mass is 10.1. The number of guanidine groups is 1. The summed E-state index contributed by atoms with van der Waals surface area (Å²) in [6.45, 7) is 1.42. The van der Waals surface area contributed by atoms with Gasteiger partial charge in [-0.2, -0.15) is 5.10 Å². The van der Waals surface area contributed by atoms with Gasteiger partial charge in [-0.25, -0.2) is 4.68 Å². The number of nitrogens with zero attached hydrogens (tertiary/aromatic N) is 3. The van der Waals surface area contributed by atoms with Gasteiger partial charge in [0.2, 0.25) is 0 Å². The minimum atomic E-state index is 0. The largest absolute Gasteiger partial charge is 0.493 e. The molecule has 1 heterocycles. The van der Waals surface area contributed by atoms with Crippen LogP contribution in [0, 0.1) is 0 Å². The number of aliphatic imine (C=N–C) groups is 1. The van der Waals surface area contributed by atoms with Crippen LogP contribution in [0.3, 0.4) is 0 Å². The quantitative estimate of drug-likeness (QED) is 0.270. The fourth-order valence-electron chi connectivity index (χ4n) is 3.00. The molecule has 0 aliphatic heterocycles. The van der Waals surface area contributed by atoms with E-state index in [1.165, 1.54) is 0 Å². The maximum atomic E-state index is 5.36. The normalized spacial score (nSPS) is 10.8. The van der Waals surface area contributed by atoms with E-state index in [-0.39, 0.29) is 24.0 Å². The lowest BCUT2D eigenvalue weighted by Gasteiger charge is -2.13. The molecule has 7 nitrogen and oxygen atoms in total. The third-order valence-electron chi connectivity index (χ3n) is 4.52. The number of benzene rings is 2. The van der Waals surface area contributed by atoms with Gasteiger partial charge in [0.1, 0.15) is 0 Å². The van der Waals surface area contributed by atoms with Crippen LogP contribution in [0.4, 0.5) is 0 Å². The summed E-state index contributed by atoms with van der Waals surface area (Å²) >= 11 is 0. The molecule has 3 aromatic rings. The predicted molar refractivity (Wildman–Crippen MR) is 130 cm³/mol. The standard InChI is InChI=1S/C22H27N5O2.HI/c1-23-22(24-12-10-17-8-9-20(28-2)21(15-17)29-3)25-16-18-6-4-7-19(14-18)27-13-5-11-26-27;/h4-9,11,13-15H,10,12,16H2,1-3H3,(H2,23,24,25);1H. The summed E-state index contributed by atoms with van der Waals surface area (Å²) in [6.07, 6.45) is 4.55. The molecular weight excluding hydrogens is 493 g/mol. The summed E-state index contributed by atoms with van der Waals surface area (Å²) in [7, 11) is 5.05. The first-order valence-corrected chi connectivity index (χ1v) is 9.48. The molecule has 2 N–H and O–H groups in total. The number of hydrogen-bond donors (Lipinski definition) is 2. The number of hydrogen-bond acceptors (Lipinski definition) is 4. The first-order chi connectivity index (χ1) is 14.2. The SMILES string of the molecule is CN=C(NCCc1ccc(OC)c(OC)c1)NCc1cccc(-n2cccn2)c1.I. The van der Waals surface area contributed by atoms with Gasteiger partial charge in [0.15, 0.2) is 17.5 Å². The van der Waals surface area contributed by atoms with Crippen molar-refractivity contribution in [1.82, 2.24) is 20.4 Å². The van der Waals surface area contributed by atoms with Crippen LogP contribution in [-0.2, 0) is 13.0 Å². The minimum absolute atomic E-state index is 0. The van der Waals surface area contributed by atoms with Gasteiger partial charge in [-0.05, 0) is 47.9 Å². The smallest absolute Gasteiger partial charge is 0.191 e. The van der Waals surface area contributed by atoms with Gasteiger partial charge >= 0.3 is 0 Å². The van der Waals surface area contributed by atoms with E-state index in [0.717, 1.165) is 47.2 Å². The average molecular weight is 521 g/mol. The van der Waals surface area contributed by atoms with Crippen molar-refractivity contribution >= 4 is 29.9 Å². The van der Waals surface area contributed by atoms with Crippen LogP contribution in [0.5, 0.6) is 11.5 Å². The average Bonchev–Trinajstić information content (AvgIpc) is 3.31. The van der Waals surface area contributed by atoms with Crippen LogP contribution in [-0.4, -0.2) is 43.6 Å². The predicted octanol–water partition coefficient (Wildman–Crippen LogP) is 3.42. The Hall–Kier alpha value is -2.75. The van der Waals surface area contributed by atoms with E-state index in [9.17, 15) is 0 Å². The maximum absolute atomic E-state index is 5.36. The first kappa shape index (κ1) is 23.5. The molecule has 30 heavy (non-hydrogen) atoms. The number of nitrogens with one attached hydrogen (secondary N) is 2. The van der Waals surface area contributed by atoms with Gasteiger partial charge in [-0.1, -0.05) is 18.2 Å². The van der Waals surface area contributed by atoms with Crippen molar-refractivity contribution in [2.24, 2.45) is 4.99 Å². The molecule has 0 amide bonds. The Bertz CT molecular complexity index is 944. The topological polar surface area (TPSA) is 72.7 Å². The Morgan fingerprint density at radius 2 is 1.83 bits per heavy atom. The molecule has 160 valence electrons. The summed E-state index contributed by atoms with van der Waals surface area (Å²) in [4.78, 5) is 4.30. The monoisotopic (exact) mass is 521 g/mol. The molecule has 0 saturated carbocycles. The molecule has 8 heteroatoms. The number of halogens is 1. The van der Waals surface area contributed by atoms with Crippen molar-refractivity contribution in [2.75, 3.05) is 27.8 Å². The van der Waals surface area contributed by atoms with E-state index in [2.05, 4.69) is 32.9 Å². The number of ether oxygens (including phenoxy) is 2. The van der Waals surface area contributed by atoms with Gasteiger partial charge in [0.05, 0.1) is 19.9 Å². The summed E-state index contributed by atoms with van der Waals surface area (Å²) < 4.78 is 12.5. The van der Waals surface area contributed by atoms with Gasteiger partial charge in [0, 0.05) is 32.5 Å². The zero-order valence-electron chi connectivity index (χ0n) is 17.5. The van der Waals surface area contributed by atoms with Crippen LogP contribution < -0.4 is 20.1 Å². The Morgan fingerprint density at radius 1 is 1.00 bits per heavy atom. The van der Waals surface area contributed by atoms with Crippen molar-refractivity contribution in [3.8, 4) is 17.2 Å². The highest BCUT2D eigenvalue weighted by Gasteiger charge is 2.05. The zero-order chi connectivity index (χ0) is 20.5. The summed E-state index contributed by atoms with van der Waals surface area (Å²) in [5, 5.41) is 11.0. The second-order valence-corrected chi connectivity index (χ2v) is 6.41. The molecule has 1 aromatic heterocycles. The molecule has 0 bridgehead atoms. The van der Waals surface area contributed by atoms with Crippen LogP contribution in [0.2, 0.25) is 0 Å². The van der Waals surface area contributed by atoms with Crippen LogP contribution >= 0.6 is 24.0 Å². The fraction of sp³-hybridized carbons (Fsp3) is 0.273. The molecule has 0 saturated heterocycles. The highest BCUT2D eigenvalue weighted by atomic mass is 127. The van der Waals surface area contributed by atoms with E-state index in [1.807, 2.05) is 47.3 Å². The molecule has 0 aliphatic rings. The third-order valence-corrected chi connectivity index (χ3v) is 4.52. The van der Waals surface area contributed by atoms with Gasteiger partial charge in [0.25, 0.3) is 0 Å². The highest BCUT2D eigenvalue weighted by molar-refractivity contribution is 14.0. The molecule has 0 aliphatic carbocycles. The van der Waals surface area contributed by atoms with Crippen LogP contribution in [0.1, 0.15) is 11.1 Å². The summed E-state index contributed by atoms with van der Waals surface area (Å²) in [5.74, 6) is 2.23. The van der Waals surface area contributed by atoms with Gasteiger partial charge < -0.3 is 20.1 Å². The Morgan fingerprint density at radius 3 is 2.53 bits per heavy atom. The van der Waals surface area contributed by atoms with E-state index in [0.29, 0.717) is 6.54 Å². The second kappa shape index (κ2) is 12.1. The number of aromatic nitrogens is 2. The fourth-order valence-corrected chi connectivity index (χ4v) is 3.00. The molecule has 3 rings (SSSR count). The number of methoxy groups -OCH3 is 2. The van der Waals surface area contributed by atoms with Crippen LogP contribution in [0.25, 0.3) is 5.69 Å². The lowest BCUT2D eigenvalue weighted by molar-refractivity contribution is 0.354. The van der Waals surface area contributed by atoms with Crippen molar-refractivity contribution in [3.05, 3.63) is 72.1 Å². The second-order valence-electron chi connectivity index (χ2n) is 6.41.